The van der Waals surface area contributed by atoms with Gasteiger partial charge in [-0.15, -0.1) is 0 Å². The minimum Gasteiger partial charge on any atom is -0.455 e. The second-order valence-electron chi connectivity index (χ2n) is 8.89. The normalized spacial score (nSPS) is 16.9. The van der Waals surface area contributed by atoms with E-state index < -0.39 is 0 Å². The van der Waals surface area contributed by atoms with Gasteiger partial charge >= 0.3 is 0 Å². The number of furan rings is 1. The second-order valence-corrected chi connectivity index (χ2v) is 9.32. The van der Waals surface area contributed by atoms with Crippen LogP contribution in [0.4, 0.5) is 17.8 Å². The first kappa shape index (κ1) is 22.7. The monoisotopic (exact) mass is 479 g/mol. The fourth-order valence-electron chi connectivity index (χ4n) is 4.45. The SMILES string of the molecule is Cc1ccc(Cl)cc1-c1ccc(/C=N/Nc2nc(N3CCCCC3)nc(N3CCCCC3)n2)o1. The van der Waals surface area contributed by atoms with E-state index >= 15 is 0 Å². The van der Waals surface area contributed by atoms with Crippen molar-refractivity contribution in [3.8, 4) is 11.3 Å². The molecule has 0 radical (unpaired) electrons. The van der Waals surface area contributed by atoms with Gasteiger partial charge in [0.2, 0.25) is 17.8 Å². The van der Waals surface area contributed by atoms with E-state index in [0.717, 1.165) is 55.0 Å². The van der Waals surface area contributed by atoms with Crippen LogP contribution in [0.3, 0.4) is 0 Å². The molecule has 2 aromatic heterocycles. The molecule has 2 aliphatic rings. The molecule has 2 fully saturated rings. The third-order valence-corrected chi connectivity index (χ3v) is 6.57. The maximum absolute atomic E-state index is 6.16. The molecule has 8 nitrogen and oxygen atoms in total. The average Bonchev–Trinajstić information content (AvgIpc) is 3.35. The Labute approximate surface area is 205 Å². The lowest BCUT2D eigenvalue weighted by Crippen LogP contribution is -2.34. The summed E-state index contributed by atoms with van der Waals surface area (Å²) in [6.07, 6.45) is 8.81. The molecule has 1 aromatic carbocycles. The molecule has 0 atom stereocenters. The van der Waals surface area contributed by atoms with E-state index in [1.807, 2.05) is 37.3 Å². The maximum atomic E-state index is 6.16. The number of aromatic nitrogens is 3. The van der Waals surface area contributed by atoms with Crippen LogP contribution in [-0.2, 0) is 0 Å². The zero-order valence-corrected chi connectivity index (χ0v) is 20.3. The van der Waals surface area contributed by atoms with Crippen LogP contribution in [0, 0.1) is 6.92 Å². The van der Waals surface area contributed by atoms with Gasteiger partial charge in [-0.3, -0.25) is 0 Å². The Bertz CT molecular complexity index is 1110. The summed E-state index contributed by atoms with van der Waals surface area (Å²) in [5.74, 6) is 3.28. The van der Waals surface area contributed by atoms with Gasteiger partial charge in [0.05, 0.1) is 6.21 Å². The Balaban J connectivity index is 1.34. The number of anilines is 3. The molecule has 2 aliphatic heterocycles. The van der Waals surface area contributed by atoms with E-state index in [1.54, 1.807) is 6.21 Å². The van der Waals surface area contributed by atoms with Crippen molar-refractivity contribution in [1.29, 1.82) is 0 Å². The van der Waals surface area contributed by atoms with Crippen LogP contribution in [0.25, 0.3) is 11.3 Å². The number of benzene rings is 1. The van der Waals surface area contributed by atoms with Crippen LogP contribution < -0.4 is 15.2 Å². The summed E-state index contributed by atoms with van der Waals surface area (Å²) < 4.78 is 5.96. The molecular weight excluding hydrogens is 450 g/mol. The van der Waals surface area contributed by atoms with Crippen LogP contribution in [-0.4, -0.2) is 47.3 Å². The quantitative estimate of drug-likeness (QED) is 0.368. The van der Waals surface area contributed by atoms with E-state index in [4.69, 9.17) is 21.0 Å². The average molecular weight is 480 g/mol. The van der Waals surface area contributed by atoms with Crippen molar-refractivity contribution >= 4 is 35.7 Å². The number of nitrogens with zero attached hydrogens (tertiary/aromatic N) is 6. The van der Waals surface area contributed by atoms with Crippen molar-refractivity contribution in [1.82, 2.24) is 15.0 Å². The molecular formula is C25H30ClN7O. The molecule has 9 heteroatoms. The molecule has 178 valence electrons. The smallest absolute Gasteiger partial charge is 0.250 e. The van der Waals surface area contributed by atoms with Gasteiger partial charge in [0, 0.05) is 36.8 Å². The molecule has 3 aromatic rings. The summed E-state index contributed by atoms with van der Waals surface area (Å²) in [6.45, 7) is 5.94. The van der Waals surface area contributed by atoms with Crippen molar-refractivity contribution in [2.24, 2.45) is 5.10 Å². The Morgan fingerprint density at radius 1 is 0.882 bits per heavy atom. The fraction of sp³-hybridized carbons (Fsp3) is 0.440. The predicted molar refractivity (Wildman–Crippen MR) is 137 cm³/mol. The Hall–Kier alpha value is -3.13. The topological polar surface area (TPSA) is 82.7 Å². The third-order valence-electron chi connectivity index (χ3n) is 6.34. The van der Waals surface area contributed by atoms with Crippen LogP contribution in [0.2, 0.25) is 5.02 Å². The first-order valence-electron chi connectivity index (χ1n) is 12.1. The summed E-state index contributed by atoms with van der Waals surface area (Å²) in [5, 5.41) is 5.03. The summed E-state index contributed by atoms with van der Waals surface area (Å²) >= 11 is 6.16. The molecule has 0 saturated carbocycles. The number of nitrogens with one attached hydrogen (secondary N) is 1. The van der Waals surface area contributed by atoms with Crippen molar-refractivity contribution in [2.45, 2.75) is 45.4 Å². The van der Waals surface area contributed by atoms with E-state index in [9.17, 15) is 0 Å². The van der Waals surface area contributed by atoms with Crippen LogP contribution >= 0.6 is 11.6 Å². The van der Waals surface area contributed by atoms with Gasteiger partial charge in [0.25, 0.3) is 0 Å². The van der Waals surface area contributed by atoms with Gasteiger partial charge in [-0.2, -0.15) is 20.1 Å². The fourth-order valence-corrected chi connectivity index (χ4v) is 4.63. The first-order chi connectivity index (χ1) is 16.7. The molecule has 0 unspecified atom stereocenters. The number of hydrogen-bond donors (Lipinski definition) is 1. The van der Waals surface area contributed by atoms with Crippen molar-refractivity contribution in [3.63, 3.8) is 0 Å². The Morgan fingerprint density at radius 2 is 1.53 bits per heavy atom. The standard InChI is InChI=1S/C25H30ClN7O/c1-18-8-9-19(26)16-21(18)22-11-10-20(34-22)17-27-31-23-28-24(32-12-4-2-5-13-32)30-25(29-23)33-14-6-3-7-15-33/h8-11,16-17H,2-7,12-15H2,1H3,(H,28,29,30,31)/b27-17+. The molecule has 0 amide bonds. The molecule has 2 saturated heterocycles. The zero-order valence-electron chi connectivity index (χ0n) is 19.5. The molecule has 5 rings (SSSR count). The van der Waals surface area contributed by atoms with E-state index in [1.165, 1.54) is 38.5 Å². The third kappa shape index (κ3) is 5.33. The summed E-state index contributed by atoms with van der Waals surface area (Å²) in [6, 6.07) is 9.57. The molecule has 1 N–H and O–H groups in total. The molecule has 4 heterocycles. The van der Waals surface area contributed by atoms with Crippen LogP contribution in [0.5, 0.6) is 0 Å². The van der Waals surface area contributed by atoms with Gasteiger partial charge in [-0.25, -0.2) is 5.43 Å². The highest BCUT2D eigenvalue weighted by Crippen LogP contribution is 2.28. The minimum absolute atomic E-state index is 0.449. The van der Waals surface area contributed by atoms with E-state index in [0.29, 0.717) is 16.7 Å². The minimum atomic E-state index is 0.449. The number of halogens is 1. The van der Waals surface area contributed by atoms with Crippen LogP contribution in [0.15, 0.2) is 39.9 Å². The molecule has 0 bridgehead atoms. The first-order valence-corrected chi connectivity index (χ1v) is 12.4. The van der Waals surface area contributed by atoms with Gasteiger partial charge in [-0.1, -0.05) is 17.7 Å². The highest BCUT2D eigenvalue weighted by atomic mass is 35.5. The van der Waals surface area contributed by atoms with E-state index in [-0.39, 0.29) is 0 Å². The maximum Gasteiger partial charge on any atom is 0.250 e. The zero-order chi connectivity index (χ0) is 23.3. The number of hydrogen-bond acceptors (Lipinski definition) is 8. The lowest BCUT2D eigenvalue weighted by atomic mass is 10.1. The number of hydrazone groups is 1. The van der Waals surface area contributed by atoms with Crippen molar-refractivity contribution in [2.75, 3.05) is 41.4 Å². The summed E-state index contributed by atoms with van der Waals surface area (Å²) in [4.78, 5) is 18.6. The van der Waals surface area contributed by atoms with Crippen LogP contribution in [0.1, 0.15) is 49.8 Å². The number of aryl methyl sites for hydroxylation is 1. The number of piperidine rings is 2. The largest absolute Gasteiger partial charge is 0.455 e. The Kier molecular flexibility index (Phi) is 6.94. The lowest BCUT2D eigenvalue weighted by molar-refractivity contribution is 0.556. The number of rotatable bonds is 6. The molecule has 34 heavy (non-hydrogen) atoms. The van der Waals surface area contributed by atoms with Gasteiger partial charge < -0.3 is 14.2 Å². The summed E-state index contributed by atoms with van der Waals surface area (Å²) in [7, 11) is 0. The van der Waals surface area contributed by atoms with Gasteiger partial charge in [-0.05, 0) is 75.3 Å². The highest BCUT2D eigenvalue weighted by Gasteiger charge is 2.20. The highest BCUT2D eigenvalue weighted by molar-refractivity contribution is 6.30. The predicted octanol–water partition coefficient (Wildman–Crippen LogP) is 5.52. The summed E-state index contributed by atoms with van der Waals surface area (Å²) in [5.41, 5.74) is 5.06. The van der Waals surface area contributed by atoms with Crippen molar-refractivity contribution in [3.05, 3.63) is 46.7 Å². The van der Waals surface area contributed by atoms with E-state index in [2.05, 4.69) is 30.3 Å². The lowest BCUT2D eigenvalue weighted by Gasteiger charge is -2.30. The Morgan fingerprint density at radius 3 is 2.18 bits per heavy atom. The molecule has 0 aliphatic carbocycles. The second kappa shape index (κ2) is 10.4. The van der Waals surface area contributed by atoms with Gasteiger partial charge in [0.15, 0.2) is 0 Å². The van der Waals surface area contributed by atoms with Crippen molar-refractivity contribution < 1.29 is 4.42 Å². The molecule has 0 spiro atoms. The van der Waals surface area contributed by atoms with Gasteiger partial charge in [0.1, 0.15) is 11.5 Å².